The molecule has 0 aliphatic carbocycles. The molecule has 0 unspecified atom stereocenters. The number of likely N-dealkylation sites (tertiary alicyclic amines) is 1. The molecule has 0 saturated carbocycles. The van der Waals surface area contributed by atoms with Crippen LogP contribution in [0.3, 0.4) is 0 Å². The van der Waals surface area contributed by atoms with E-state index in [1.165, 1.54) is 43.0 Å². The Bertz CT molecular complexity index is 3630. The average molecular weight is 1280 g/mol. The number of phenols is 1. The number of H-pyrrole nitrogens is 3. The Morgan fingerprint density at radius 3 is 1.60 bits per heavy atom. The van der Waals surface area contributed by atoms with Gasteiger partial charge in [0, 0.05) is 91.2 Å². The quantitative estimate of drug-likeness (QED) is 0.0191. The van der Waals surface area contributed by atoms with Gasteiger partial charge >= 0.3 is 17.9 Å². The molecule has 1 aliphatic rings. The monoisotopic (exact) mass is 1280 g/mol. The predicted octanol–water partition coefficient (Wildman–Crippen LogP) is -3.02. The number of aliphatic carboxylic acids is 3. The van der Waals surface area contributed by atoms with E-state index in [1.807, 2.05) is 0 Å². The van der Waals surface area contributed by atoms with Gasteiger partial charge in [-0.25, -0.2) is 9.78 Å². The number of aliphatic hydroxyl groups is 2. The topological polar surface area (TPSA) is 512 Å². The normalized spacial score (nSPS) is 15.5. The summed E-state index contributed by atoms with van der Waals surface area (Å²) in [7, 11) is 0. The van der Waals surface area contributed by atoms with Crippen molar-refractivity contribution in [3.8, 4) is 5.75 Å². The lowest BCUT2D eigenvalue weighted by atomic mass is 10.0. The van der Waals surface area contributed by atoms with Crippen molar-refractivity contribution < 1.29 is 88.2 Å². The number of carbonyl (C=O) groups is 12. The first-order valence-electron chi connectivity index (χ1n) is 29.2. The third-order valence-electron chi connectivity index (χ3n) is 15.2. The summed E-state index contributed by atoms with van der Waals surface area (Å²) in [6.07, 6.45) is 2.96. The highest BCUT2D eigenvalue weighted by Gasteiger charge is 2.40. The molecule has 3 aromatic carbocycles. The molecule has 4 heterocycles. The number of aromatic hydroxyl groups is 1. The summed E-state index contributed by atoms with van der Waals surface area (Å²) in [5.74, 6) is -13.4. The molecule has 7 rings (SSSR count). The number of carboxylic acid groups (broad SMARTS) is 3. The number of fused-ring (bicyclic) bond motifs is 2. The lowest BCUT2D eigenvalue weighted by Crippen LogP contribution is -2.61. The first-order valence-corrected chi connectivity index (χ1v) is 29.2. The zero-order valence-electron chi connectivity index (χ0n) is 49.4. The Morgan fingerprint density at radius 2 is 1.07 bits per heavy atom. The van der Waals surface area contributed by atoms with Crippen molar-refractivity contribution in [1.29, 1.82) is 0 Å². The second kappa shape index (κ2) is 32.7. The van der Waals surface area contributed by atoms with Crippen molar-refractivity contribution in [2.45, 2.75) is 119 Å². The molecular weight excluding hydrogens is 1200 g/mol. The van der Waals surface area contributed by atoms with E-state index in [4.69, 9.17) is 10.8 Å². The summed E-state index contributed by atoms with van der Waals surface area (Å²) in [6.45, 7) is -2.93. The third kappa shape index (κ3) is 19.1. The second-order valence-electron chi connectivity index (χ2n) is 21.8. The van der Waals surface area contributed by atoms with Crippen molar-refractivity contribution in [2.24, 2.45) is 5.73 Å². The molecule has 490 valence electrons. The number of aromatic amines is 3. The number of nitrogens with two attached hydrogens (primary N) is 1. The molecule has 9 amide bonds. The number of amides is 9. The van der Waals surface area contributed by atoms with Gasteiger partial charge in [0.15, 0.2) is 0 Å². The largest absolute Gasteiger partial charge is 0.508 e. The molecule has 0 bridgehead atoms. The fourth-order valence-electron chi connectivity index (χ4n) is 10.4. The zero-order chi connectivity index (χ0) is 66.6. The van der Waals surface area contributed by atoms with Crippen molar-refractivity contribution in [2.75, 3.05) is 26.3 Å². The molecule has 6 aromatic rings. The van der Waals surface area contributed by atoms with Crippen molar-refractivity contribution in [3.05, 3.63) is 120 Å². The fraction of sp³-hybridized carbons (Fsp3) is 0.383. The summed E-state index contributed by atoms with van der Waals surface area (Å²) >= 11 is 0. The number of aliphatic hydroxyl groups excluding tert-OH is 2. The third-order valence-corrected chi connectivity index (χ3v) is 15.2. The molecule has 0 radical (unpaired) electrons. The summed E-state index contributed by atoms with van der Waals surface area (Å²) in [5, 5.41) is 80.5. The maximum absolute atomic E-state index is 14.6. The van der Waals surface area contributed by atoms with Gasteiger partial charge in [-0.1, -0.05) is 48.5 Å². The number of benzene rings is 3. The second-order valence-corrected chi connectivity index (χ2v) is 21.8. The maximum Gasteiger partial charge on any atom is 0.326 e. The van der Waals surface area contributed by atoms with Gasteiger partial charge < -0.3 is 98.8 Å². The van der Waals surface area contributed by atoms with E-state index in [1.54, 1.807) is 54.7 Å². The van der Waals surface area contributed by atoms with Gasteiger partial charge in [0.25, 0.3) is 0 Å². The molecule has 0 spiro atoms. The van der Waals surface area contributed by atoms with E-state index in [9.17, 15) is 83.1 Å². The van der Waals surface area contributed by atoms with E-state index in [-0.39, 0.29) is 50.8 Å². The number of nitrogens with one attached hydrogen (secondary N) is 11. The summed E-state index contributed by atoms with van der Waals surface area (Å²) in [4.78, 5) is 175. The Hall–Kier alpha value is -10.7. The van der Waals surface area contributed by atoms with Gasteiger partial charge in [0.05, 0.1) is 32.1 Å². The van der Waals surface area contributed by atoms with Crippen molar-refractivity contribution in [3.63, 3.8) is 0 Å². The van der Waals surface area contributed by atoms with E-state index in [0.29, 0.717) is 44.2 Å². The average Bonchev–Trinajstić information content (AvgIpc) is 1.68. The predicted molar refractivity (Wildman–Crippen MR) is 323 cm³/mol. The van der Waals surface area contributed by atoms with Gasteiger partial charge in [-0.2, -0.15) is 0 Å². The highest BCUT2D eigenvalue weighted by molar-refractivity contribution is 5.99. The van der Waals surface area contributed by atoms with E-state index in [2.05, 4.69) is 62.5 Å². The molecule has 1 fully saturated rings. The lowest BCUT2D eigenvalue weighted by molar-refractivity contribution is -0.146. The van der Waals surface area contributed by atoms with Gasteiger partial charge in [-0.3, -0.25) is 52.7 Å². The van der Waals surface area contributed by atoms with Crippen LogP contribution in [0.4, 0.5) is 0 Å². The molecule has 32 heteroatoms. The minimum atomic E-state index is -1.93. The van der Waals surface area contributed by atoms with Crippen molar-refractivity contribution in [1.82, 2.24) is 67.4 Å². The van der Waals surface area contributed by atoms with Crippen LogP contribution < -0.4 is 48.3 Å². The fourth-order valence-corrected chi connectivity index (χ4v) is 10.4. The smallest absolute Gasteiger partial charge is 0.326 e. The summed E-state index contributed by atoms with van der Waals surface area (Å²) in [6, 6.07) is 5.08. The Balaban J connectivity index is 1.09. The Kier molecular flexibility index (Phi) is 24.4. The van der Waals surface area contributed by atoms with Crippen molar-refractivity contribution >= 4 is 92.9 Å². The maximum atomic E-state index is 14.6. The van der Waals surface area contributed by atoms with E-state index >= 15 is 0 Å². The number of hydrogen-bond acceptors (Lipinski definition) is 17. The van der Waals surface area contributed by atoms with E-state index < -0.39 is 171 Å². The van der Waals surface area contributed by atoms with Gasteiger partial charge in [-0.15, -0.1) is 0 Å². The number of hydrogen-bond donors (Lipinski definition) is 18. The van der Waals surface area contributed by atoms with Crippen LogP contribution in [0.15, 0.2) is 97.7 Å². The first-order chi connectivity index (χ1) is 44.0. The standard InChI is InChI=1S/C60H72N14O18/c61-38(23-34-26-62-30-66-34)52(83)65-27-49(78)67-43(20-31-11-13-35(77)14-12-31)54(85)71-44(21-32-24-63-39-8-3-1-6-36(32)39)55(86)72-46(28-75)57(88)68-41(15-17-50(79)80)53(84)70-45(22-33-25-64-40-9-4-2-7-37(33)40)56(87)73-47(29-76)59(90)74-19-5-10-48(74)58(89)69-42(60(91)92)16-18-51(81)82/h1-4,6-9,11-14,24-26,30,38,41-48,63-64,75-77H,5,10,15-23,27-29,61H2,(H,62,66)(H,65,83)(H,67,78)(H,68,88)(H,69,89)(H,70,84)(H,71,85)(H,72,86)(H,73,87)(H,79,80)(H,81,82)(H,91,92)/t38-,41-,42-,43-,44-,45-,46-,47-,48-/m0/s1. The molecule has 19 N–H and O–H groups in total. The minimum Gasteiger partial charge on any atom is -0.508 e. The van der Waals surface area contributed by atoms with Crippen LogP contribution in [-0.2, 0) is 83.2 Å². The zero-order valence-corrected chi connectivity index (χ0v) is 49.4. The van der Waals surface area contributed by atoms with Gasteiger partial charge in [0.2, 0.25) is 53.2 Å². The van der Waals surface area contributed by atoms with Crippen LogP contribution in [0.25, 0.3) is 21.8 Å². The van der Waals surface area contributed by atoms with Gasteiger partial charge in [-0.05, 0) is 66.6 Å². The highest BCUT2D eigenvalue weighted by atomic mass is 16.4. The number of imidazole rings is 1. The number of phenolic OH excluding ortho intramolecular Hbond substituents is 1. The molecular formula is C60H72N14O18. The van der Waals surface area contributed by atoms with Crippen LogP contribution in [0, 0.1) is 0 Å². The highest BCUT2D eigenvalue weighted by Crippen LogP contribution is 2.23. The van der Waals surface area contributed by atoms with Gasteiger partial charge in [0.1, 0.15) is 54.1 Å². The molecule has 9 atom stereocenters. The molecule has 3 aromatic heterocycles. The lowest BCUT2D eigenvalue weighted by Gasteiger charge is -2.30. The van der Waals surface area contributed by atoms with Crippen LogP contribution in [0.1, 0.15) is 60.9 Å². The van der Waals surface area contributed by atoms with Crippen LogP contribution in [0.5, 0.6) is 5.75 Å². The SMILES string of the molecule is N[C@@H](Cc1cnc[nH]1)C(=O)NCC(=O)N[C@@H](Cc1ccc(O)cc1)C(=O)N[C@@H](Cc1c[nH]c2ccccc12)C(=O)N[C@@H](CO)C(=O)N[C@@H](CCC(=O)O)C(=O)N[C@@H](Cc1c[nH]c2ccccc12)C(=O)N[C@@H](CO)C(=O)N1CCC[C@H]1C(=O)N[C@@H](CCC(=O)O)C(=O)O. The molecule has 1 aliphatic heterocycles. The summed E-state index contributed by atoms with van der Waals surface area (Å²) < 4.78 is 0. The number of nitrogens with zero attached hydrogens (tertiary/aromatic N) is 2. The molecule has 92 heavy (non-hydrogen) atoms. The van der Waals surface area contributed by atoms with Crippen LogP contribution >= 0.6 is 0 Å². The Morgan fingerprint density at radius 1 is 0.565 bits per heavy atom. The minimum absolute atomic E-state index is 0.0290. The first kappa shape index (κ1) is 68.8. The summed E-state index contributed by atoms with van der Waals surface area (Å²) in [5.41, 5.74) is 9.19. The number of para-hydroxylation sites is 2. The van der Waals surface area contributed by atoms with E-state index in [0.717, 1.165) is 4.90 Å². The molecule has 32 nitrogen and oxygen atoms in total. The number of rotatable bonds is 34. The Labute approximate surface area is 523 Å². The van der Waals surface area contributed by atoms with Crippen LogP contribution in [0.2, 0.25) is 0 Å². The number of carboxylic acids is 3. The number of aromatic nitrogens is 4. The molecule has 1 saturated heterocycles. The van der Waals surface area contributed by atoms with Crippen LogP contribution in [-0.4, -0.2) is 207 Å². The number of carbonyl (C=O) groups excluding carboxylic acids is 9.